The third-order valence-corrected chi connectivity index (χ3v) is 14.9. The molecule has 0 aromatic heterocycles. The van der Waals surface area contributed by atoms with Gasteiger partial charge in [-0.2, -0.15) is 0 Å². The van der Waals surface area contributed by atoms with Crippen LogP contribution in [-0.2, 0) is 47.7 Å². The highest BCUT2D eigenvalue weighted by Crippen LogP contribution is 2.45. The zero-order chi connectivity index (χ0) is 47.0. The summed E-state index contributed by atoms with van der Waals surface area (Å²) in [5.41, 5.74) is 1.28. The molecule has 1 saturated carbocycles. The number of esters is 1. The first-order chi connectivity index (χ1) is 30.3. The Labute approximate surface area is 379 Å². The molecule has 0 spiro atoms. The van der Waals surface area contributed by atoms with Gasteiger partial charge in [0.15, 0.2) is 5.78 Å². The van der Waals surface area contributed by atoms with E-state index < -0.39 is 95.7 Å². The number of hydrogen-bond acceptors (Lipinski definition) is 13. The second-order valence-electron chi connectivity index (χ2n) is 19.5. The summed E-state index contributed by atoms with van der Waals surface area (Å²) in [4.78, 5) is 72.0. The van der Waals surface area contributed by atoms with Crippen molar-refractivity contribution in [3.8, 4) is 0 Å². The zero-order valence-corrected chi connectivity index (χ0v) is 39.5. The molecule has 3 saturated heterocycles. The molecular weight excluding hydrogens is 823 g/mol. The van der Waals surface area contributed by atoms with Crippen LogP contribution in [0.4, 0.5) is 0 Å². The Hall–Kier alpha value is -3.37. The molecular formula is C50H75NO13. The van der Waals surface area contributed by atoms with E-state index in [2.05, 4.69) is 0 Å². The summed E-state index contributed by atoms with van der Waals surface area (Å²) >= 11 is 0. The summed E-state index contributed by atoms with van der Waals surface area (Å²) in [6.45, 7) is 10.9. The molecule has 6 bridgehead atoms. The second kappa shape index (κ2) is 22.9. The summed E-state index contributed by atoms with van der Waals surface area (Å²) in [5.74, 6) is -8.43. The first kappa shape index (κ1) is 51.6. The number of methoxy groups -OCH3 is 3. The summed E-state index contributed by atoms with van der Waals surface area (Å²) in [5, 5.41) is 34.1. The molecule has 0 aromatic rings. The fourth-order valence-electron chi connectivity index (χ4n) is 10.9. The van der Waals surface area contributed by atoms with Gasteiger partial charge in [0.25, 0.3) is 11.7 Å². The predicted octanol–water partition coefficient (Wildman–Crippen LogP) is 5.40. The summed E-state index contributed by atoms with van der Waals surface area (Å²) in [7, 11) is 4.52. The molecule has 1 amide bonds. The van der Waals surface area contributed by atoms with E-state index in [9.17, 15) is 39.3 Å². The Morgan fingerprint density at radius 3 is 2.27 bits per heavy atom. The molecule has 1 unspecified atom stereocenters. The first-order valence-electron chi connectivity index (χ1n) is 23.5. The van der Waals surface area contributed by atoms with Gasteiger partial charge in [0.1, 0.15) is 30.1 Å². The number of fused-ring (bicyclic) bond motifs is 3. The van der Waals surface area contributed by atoms with Gasteiger partial charge in [0, 0.05) is 64.4 Å². The number of ketones is 3. The van der Waals surface area contributed by atoms with Gasteiger partial charge in [-0.25, -0.2) is 4.79 Å². The van der Waals surface area contributed by atoms with E-state index in [1.54, 1.807) is 41.1 Å². The van der Waals surface area contributed by atoms with E-state index in [0.717, 1.165) is 5.57 Å². The van der Waals surface area contributed by atoms with Crippen molar-refractivity contribution in [1.29, 1.82) is 0 Å². The summed E-state index contributed by atoms with van der Waals surface area (Å²) in [6.07, 6.45) is 10.8. The first-order valence-corrected chi connectivity index (χ1v) is 23.5. The molecule has 14 nitrogen and oxygen atoms in total. The Morgan fingerprint density at radius 1 is 0.844 bits per heavy atom. The highest BCUT2D eigenvalue weighted by Gasteiger charge is 2.57. The molecule has 14 heteroatoms. The van der Waals surface area contributed by atoms with Crippen LogP contribution in [0.15, 0.2) is 47.6 Å². The van der Waals surface area contributed by atoms with E-state index in [0.29, 0.717) is 69.8 Å². The number of aliphatic hydroxyl groups excluding tert-OH is 2. The van der Waals surface area contributed by atoms with Gasteiger partial charge in [0.2, 0.25) is 5.79 Å². The molecule has 64 heavy (non-hydrogen) atoms. The van der Waals surface area contributed by atoms with Crippen molar-refractivity contribution in [2.75, 3.05) is 27.9 Å². The SMILES string of the molecule is CO[C@H]1C[C@@H]2CC[C@@H](C)[C@@](O)(O2)C(=O)C(=O)N2CCCC3[C@H]2C(=O)O[C@@H](CC(=O)[C@H](C)/C=C(\C)[C@@H](O)[C@H](OC)C(=O)[C@H](C)C[C@H](C)/C=C/C=C/C=C1C)[C@H]3C[C@@H]1CC[C@@H](O)[C@H](OC)C1. The van der Waals surface area contributed by atoms with Crippen LogP contribution >= 0.6 is 0 Å². The molecule has 5 rings (SSSR count). The number of ether oxygens (including phenoxy) is 5. The van der Waals surface area contributed by atoms with Crippen molar-refractivity contribution in [3.63, 3.8) is 0 Å². The van der Waals surface area contributed by atoms with E-state index in [1.807, 2.05) is 51.2 Å². The van der Waals surface area contributed by atoms with E-state index >= 15 is 0 Å². The van der Waals surface area contributed by atoms with Crippen LogP contribution in [0, 0.1) is 41.4 Å². The number of carbonyl (C=O) groups excluding carboxylic acids is 5. The van der Waals surface area contributed by atoms with Gasteiger partial charge in [-0.05, 0) is 101 Å². The average molecular weight is 898 g/mol. The number of hydrogen-bond donors (Lipinski definition) is 3. The second-order valence-corrected chi connectivity index (χ2v) is 19.5. The summed E-state index contributed by atoms with van der Waals surface area (Å²) < 4.78 is 29.4. The van der Waals surface area contributed by atoms with Crippen LogP contribution in [0.1, 0.15) is 112 Å². The Morgan fingerprint density at radius 2 is 1.58 bits per heavy atom. The van der Waals surface area contributed by atoms with E-state index in [1.165, 1.54) is 12.0 Å². The number of nitrogens with zero attached hydrogens (tertiary/aromatic N) is 1. The molecule has 16 atom stereocenters. The van der Waals surface area contributed by atoms with E-state index in [4.69, 9.17) is 23.7 Å². The molecule has 4 heterocycles. The van der Waals surface area contributed by atoms with Crippen LogP contribution in [0.2, 0.25) is 0 Å². The number of amides is 1. The molecule has 3 N–H and O–H groups in total. The van der Waals surface area contributed by atoms with Crippen molar-refractivity contribution in [3.05, 3.63) is 47.6 Å². The third-order valence-electron chi connectivity index (χ3n) is 14.9. The lowest BCUT2D eigenvalue weighted by Gasteiger charge is -2.50. The lowest BCUT2D eigenvalue weighted by molar-refractivity contribution is -0.266. The average Bonchev–Trinajstić information content (AvgIpc) is 3.27. The van der Waals surface area contributed by atoms with Crippen molar-refractivity contribution in [2.24, 2.45) is 41.4 Å². The third kappa shape index (κ3) is 12.0. The number of aliphatic hydroxyl groups is 3. The number of allylic oxidation sites excluding steroid dienone is 6. The highest BCUT2D eigenvalue weighted by atomic mass is 16.6. The maximum absolute atomic E-state index is 14.4. The Bertz CT molecular complexity index is 1790. The molecule has 1 aliphatic carbocycles. The van der Waals surface area contributed by atoms with Gasteiger partial charge in [-0.3, -0.25) is 19.2 Å². The predicted molar refractivity (Wildman–Crippen MR) is 238 cm³/mol. The van der Waals surface area contributed by atoms with Crippen LogP contribution in [0.5, 0.6) is 0 Å². The van der Waals surface area contributed by atoms with Crippen molar-refractivity contribution in [1.82, 2.24) is 4.90 Å². The Kier molecular flexibility index (Phi) is 18.5. The molecule has 4 aliphatic heterocycles. The van der Waals surface area contributed by atoms with Gasteiger partial charge in [0.05, 0.1) is 24.4 Å². The number of carbonyl (C=O) groups is 5. The summed E-state index contributed by atoms with van der Waals surface area (Å²) in [6, 6.07) is -1.12. The molecule has 358 valence electrons. The van der Waals surface area contributed by atoms with Crippen LogP contribution in [-0.4, -0.2) is 132 Å². The van der Waals surface area contributed by atoms with Crippen molar-refractivity contribution >= 4 is 29.2 Å². The fraction of sp³-hybridized carbons (Fsp3) is 0.740. The quantitative estimate of drug-likeness (QED) is 0.181. The van der Waals surface area contributed by atoms with Gasteiger partial charge >= 0.3 is 5.97 Å². The minimum Gasteiger partial charge on any atom is -0.460 e. The normalized spacial score (nSPS) is 42.3. The maximum Gasteiger partial charge on any atom is 0.329 e. The number of piperidine rings is 1. The number of Topliss-reactive ketones (excluding diaryl/α,β-unsaturated/α-hetero) is 3. The van der Waals surface area contributed by atoms with Gasteiger partial charge < -0.3 is 43.9 Å². The zero-order valence-electron chi connectivity index (χ0n) is 39.5. The molecule has 0 radical (unpaired) electrons. The topological polar surface area (TPSA) is 195 Å². The maximum atomic E-state index is 14.4. The Balaban J connectivity index is 1.51. The van der Waals surface area contributed by atoms with Crippen LogP contribution in [0.25, 0.3) is 0 Å². The molecule has 4 fully saturated rings. The minimum atomic E-state index is -2.43. The monoisotopic (exact) mass is 898 g/mol. The van der Waals surface area contributed by atoms with Crippen LogP contribution in [0.3, 0.4) is 0 Å². The standard InChI is InChI=1S/C50H75NO13/c1-28-14-11-10-12-15-29(2)40(60-7)26-35-19-17-33(6)50(59,64-35)47(56)48(57)51-21-13-16-36-37(24-34-18-20-38(52)42(25-34)61-8)41(63-49(58)43(36)51)27-39(53)30(3)23-32(5)45(55)46(62-9)44(54)31(4)22-28/h10-12,14-15,23,28,30-31,33-38,40-43,45-46,52,55,59H,13,16-22,24-27H2,1-9H3/b12-10+,14-11+,29-15?,32-23+/t28-,30-,31-,33-,34+,35+,36?,37+,38-,40+,41+,42-,43+,45-,46-,50-/m1/s1. The van der Waals surface area contributed by atoms with Crippen LogP contribution < -0.4 is 0 Å². The molecule has 0 aromatic carbocycles. The lowest BCUT2D eigenvalue weighted by Crippen LogP contribution is -2.65. The van der Waals surface area contributed by atoms with Gasteiger partial charge in [-0.1, -0.05) is 64.2 Å². The van der Waals surface area contributed by atoms with Crippen molar-refractivity contribution < 1.29 is 63.0 Å². The largest absolute Gasteiger partial charge is 0.460 e. The smallest absolute Gasteiger partial charge is 0.329 e. The fourth-order valence-corrected chi connectivity index (χ4v) is 10.9. The number of rotatable bonds is 5. The highest BCUT2D eigenvalue weighted by molar-refractivity contribution is 6.39. The van der Waals surface area contributed by atoms with Gasteiger partial charge in [-0.15, -0.1) is 0 Å². The van der Waals surface area contributed by atoms with Crippen molar-refractivity contribution in [2.45, 2.75) is 167 Å². The minimum absolute atomic E-state index is 0.0231. The van der Waals surface area contributed by atoms with E-state index in [-0.39, 0.29) is 42.5 Å². The lowest BCUT2D eigenvalue weighted by atomic mass is 9.68. The molecule has 5 aliphatic rings.